The van der Waals surface area contributed by atoms with Crippen LogP contribution in [0.4, 0.5) is 0 Å². The first-order valence-electron chi connectivity index (χ1n) is 4.38. The number of hydrogen-bond donors (Lipinski definition) is 0. The summed E-state index contributed by atoms with van der Waals surface area (Å²) in [7, 11) is 0. The van der Waals surface area contributed by atoms with Gasteiger partial charge in [0.25, 0.3) is 0 Å². The molecule has 0 saturated carbocycles. The lowest BCUT2D eigenvalue weighted by atomic mass is 10.4. The van der Waals surface area contributed by atoms with Crippen molar-refractivity contribution in [2.24, 2.45) is 0 Å². The van der Waals surface area contributed by atoms with Crippen LogP contribution >= 0.6 is 11.6 Å². The molecular weight excluding hydrogens is 232 g/mol. The van der Waals surface area contributed by atoms with E-state index in [1.54, 1.807) is 24.3 Å². The minimum Gasteiger partial charge on any atom is -0.462 e. The van der Waals surface area contributed by atoms with Crippen LogP contribution in [0.5, 0.6) is 0 Å². The molecule has 2 aromatic heterocycles. The predicted molar refractivity (Wildman–Crippen MR) is 57.7 cm³/mol. The van der Waals surface area contributed by atoms with Gasteiger partial charge in [0.05, 0.1) is 12.1 Å². The molecule has 0 aliphatic heterocycles. The number of aldehydes is 2. The van der Waals surface area contributed by atoms with Crippen molar-refractivity contribution in [2.45, 2.75) is 5.88 Å². The summed E-state index contributed by atoms with van der Waals surface area (Å²) in [5.74, 6) is 1.64. The molecule has 0 saturated heterocycles. The normalized spacial score (nSPS) is 9.06. The Labute approximate surface area is 96.8 Å². The zero-order valence-electron chi connectivity index (χ0n) is 8.26. The molecule has 0 aromatic carbocycles. The number of rotatable bonds is 3. The molecule has 0 spiro atoms. The standard InChI is InChI=1S/C6H5ClO2.C5H4O2/c7-3-5-1-2-6(4-8)9-5;6-4-5-2-1-3-7-5/h1-2,4H,3H2;1-4H. The van der Waals surface area contributed by atoms with Gasteiger partial charge in [-0.3, -0.25) is 9.59 Å². The van der Waals surface area contributed by atoms with Gasteiger partial charge in [-0.1, -0.05) is 0 Å². The number of carbonyl (C=O) groups is 2. The summed E-state index contributed by atoms with van der Waals surface area (Å²) in [6.07, 6.45) is 2.78. The molecule has 2 rings (SSSR count). The monoisotopic (exact) mass is 240 g/mol. The highest BCUT2D eigenvalue weighted by atomic mass is 35.5. The topological polar surface area (TPSA) is 60.4 Å². The van der Waals surface area contributed by atoms with Gasteiger partial charge in [-0.25, -0.2) is 0 Å². The Kier molecular flexibility index (Phi) is 5.08. The predicted octanol–water partition coefficient (Wildman–Crippen LogP) is 2.92. The van der Waals surface area contributed by atoms with E-state index in [0.717, 1.165) is 0 Å². The average Bonchev–Trinajstić information content (AvgIpc) is 3.00. The average molecular weight is 241 g/mol. The van der Waals surface area contributed by atoms with E-state index < -0.39 is 0 Å². The van der Waals surface area contributed by atoms with Crippen molar-refractivity contribution in [2.75, 3.05) is 0 Å². The first-order chi connectivity index (χ1) is 7.80. The van der Waals surface area contributed by atoms with Crippen molar-refractivity contribution >= 4 is 24.2 Å². The van der Waals surface area contributed by atoms with Crippen LogP contribution in [0, 0.1) is 0 Å². The third-order valence-electron chi connectivity index (χ3n) is 1.59. The summed E-state index contributed by atoms with van der Waals surface area (Å²) in [6.45, 7) is 0. The molecule has 2 heterocycles. The van der Waals surface area contributed by atoms with Gasteiger partial charge in [0.15, 0.2) is 24.1 Å². The molecule has 16 heavy (non-hydrogen) atoms. The van der Waals surface area contributed by atoms with Crippen molar-refractivity contribution in [3.63, 3.8) is 0 Å². The lowest BCUT2D eigenvalue weighted by Gasteiger charge is -1.81. The van der Waals surface area contributed by atoms with Crippen LogP contribution in [0.3, 0.4) is 0 Å². The van der Waals surface area contributed by atoms with Crippen LogP contribution in [0.25, 0.3) is 0 Å². The third-order valence-corrected chi connectivity index (χ3v) is 1.85. The second-order valence-corrected chi connectivity index (χ2v) is 2.96. The van der Waals surface area contributed by atoms with Gasteiger partial charge >= 0.3 is 0 Å². The van der Waals surface area contributed by atoms with Gasteiger partial charge in [-0.2, -0.15) is 0 Å². The molecule has 4 nitrogen and oxygen atoms in total. The highest BCUT2D eigenvalue weighted by Crippen LogP contribution is 2.07. The van der Waals surface area contributed by atoms with Crippen LogP contribution < -0.4 is 0 Å². The van der Waals surface area contributed by atoms with Gasteiger partial charge in [0.2, 0.25) is 0 Å². The van der Waals surface area contributed by atoms with Gasteiger partial charge in [-0.15, -0.1) is 11.6 Å². The minimum atomic E-state index is 0.313. The molecular formula is C11H9ClO4. The van der Waals surface area contributed by atoms with Crippen LogP contribution in [-0.2, 0) is 5.88 Å². The summed E-state index contributed by atoms with van der Waals surface area (Å²) in [4.78, 5) is 19.8. The number of furan rings is 2. The summed E-state index contributed by atoms with van der Waals surface area (Å²) >= 11 is 5.39. The maximum absolute atomic E-state index is 10.00. The van der Waals surface area contributed by atoms with Crippen molar-refractivity contribution in [3.05, 3.63) is 47.8 Å². The Morgan fingerprint density at radius 2 is 1.88 bits per heavy atom. The second kappa shape index (κ2) is 6.63. The maximum atomic E-state index is 10.00. The molecule has 5 heteroatoms. The molecule has 0 radical (unpaired) electrons. The fourth-order valence-electron chi connectivity index (χ4n) is 0.888. The van der Waals surface area contributed by atoms with Crippen LogP contribution in [0.15, 0.2) is 39.4 Å². The van der Waals surface area contributed by atoms with E-state index in [9.17, 15) is 9.59 Å². The Hall–Kier alpha value is -1.81. The molecule has 0 fully saturated rings. The fraction of sp³-hybridized carbons (Fsp3) is 0.0909. The minimum absolute atomic E-state index is 0.313. The molecule has 0 atom stereocenters. The molecule has 0 aliphatic carbocycles. The smallest absolute Gasteiger partial charge is 0.185 e. The fourth-order valence-corrected chi connectivity index (χ4v) is 1.03. The Balaban J connectivity index is 0.000000165. The molecule has 84 valence electrons. The number of alkyl halides is 1. The van der Waals surface area contributed by atoms with E-state index in [2.05, 4.69) is 4.42 Å². The molecule has 0 amide bonds. The third kappa shape index (κ3) is 3.74. The van der Waals surface area contributed by atoms with Crippen molar-refractivity contribution in [1.82, 2.24) is 0 Å². The van der Waals surface area contributed by atoms with E-state index in [0.29, 0.717) is 35.7 Å². The van der Waals surface area contributed by atoms with Crippen molar-refractivity contribution < 1.29 is 18.4 Å². The largest absolute Gasteiger partial charge is 0.462 e. The highest BCUT2D eigenvalue weighted by molar-refractivity contribution is 6.16. The summed E-state index contributed by atoms with van der Waals surface area (Å²) < 4.78 is 9.50. The SMILES string of the molecule is O=Cc1ccc(CCl)o1.O=Cc1ccco1. The van der Waals surface area contributed by atoms with Gasteiger partial charge in [-0.05, 0) is 24.3 Å². The van der Waals surface area contributed by atoms with Crippen LogP contribution in [-0.4, -0.2) is 12.6 Å². The van der Waals surface area contributed by atoms with E-state index in [1.807, 2.05) is 0 Å². The molecule has 0 bridgehead atoms. The lowest BCUT2D eigenvalue weighted by Crippen LogP contribution is -1.69. The van der Waals surface area contributed by atoms with Crippen LogP contribution in [0.1, 0.15) is 26.9 Å². The molecule has 0 aliphatic rings. The number of halogens is 1. The molecule has 0 N–H and O–H groups in total. The Morgan fingerprint density at radius 3 is 2.19 bits per heavy atom. The Bertz CT molecular complexity index is 431. The van der Waals surface area contributed by atoms with Gasteiger partial charge in [0, 0.05) is 0 Å². The van der Waals surface area contributed by atoms with E-state index in [-0.39, 0.29) is 0 Å². The first kappa shape index (κ1) is 12.3. The number of carbonyl (C=O) groups excluding carboxylic acids is 2. The van der Waals surface area contributed by atoms with Crippen LogP contribution in [0.2, 0.25) is 0 Å². The zero-order chi connectivity index (χ0) is 11.8. The maximum Gasteiger partial charge on any atom is 0.185 e. The summed E-state index contributed by atoms with van der Waals surface area (Å²) in [5.41, 5.74) is 0. The quantitative estimate of drug-likeness (QED) is 0.611. The lowest BCUT2D eigenvalue weighted by molar-refractivity contribution is 0.109. The van der Waals surface area contributed by atoms with Gasteiger partial charge in [0.1, 0.15) is 5.76 Å². The second-order valence-electron chi connectivity index (χ2n) is 2.69. The Morgan fingerprint density at radius 1 is 1.12 bits per heavy atom. The van der Waals surface area contributed by atoms with E-state index >= 15 is 0 Å². The first-order valence-corrected chi connectivity index (χ1v) is 4.92. The number of hydrogen-bond acceptors (Lipinski definition) is 4. The van der Waals surface area contributed by atoms with Gasteiger partial charge < -0.3 is 8.83 Å². The van der Waals surface area contributed by atoms with Crippen molar-refractivity contribution in [1.29, 1.82) is 0 Å². The molecule has 2 aromatic rings. The van der Waals surface area contributed by atoms with E-state index in [1.165, 1.54) is 6.26 Å². The zero-order valence-corrected chi connectivity index (χ0v) is 9.02. The van der Waals surface area contributed by atoms with E-state index in [4.69, 9.17) is 16.0 Å². The van der Waals surface area contributed by atoms with Crippen molar-refractivity contribution in [3.8, 4) is 0 Å². The molecule has 0 unspecified atom stereocenters. The highest BCUT2D eigenvalue weighted by Gasteiger charge is 1.96. The summed E-state index contributed by atoms with van der Waals surface area (Å²) in [5, 5.41) is 0. The summed E-state index contributed by atoms with van der Waals surface area (Å²) in [6, 6.07) is 6.54.